The molecule has 23 heavy (non-hydrogen) atoms. The zero-order chi connectivity index (χ0) is 16.9. The van der Waals surface area contributed by atoms with Crippen LogP contribution in [0.25, 0.3) is 0 Å². The maximum absolute atomic E-state index is 12.3. The highest BCUT2D eigenvalue weighted by Gasteiger charge is 2.21. The molecule has 7 nitrogen and oxygen atoms in total. The third-order valence-electron chi connectivity index (χ3n) is 3.18. The molecular weight excluding hydrogens is 318 g/mol. The van der Waals surface area contributed by atoms with Gasteiger partial charge in [-0.15, -0.1) is 0 Å². The highest BCUT2D eigenvalue weighted by Crippen LogP contribution is 2.15. The molecule has 0 bridgehead atoms. The number of hydrogen-bond acceptors (Lipinski definition) is 6. The van der Waals surface area contributed by atoms with E-state index in [1.165, 1.54) is 12.1 Å². The van der Waals surface area contributed by atoms with Crippen LogP contribution in [0.2, 0.25) is 0 Å². The van der Waals surface area contributed by atoms with Crippen molar-refractivity contribution in [3.63, 3.8) is 0 Å². The van der Waals surface area contributed by atoms with Gasteiger partial charge in [0, 0.05) is 6.54 Å². The molecule has 0 atom stereocenters. The van der Waals surface area contributed by atoms with Gasteiger partial charge in [0.1, 0.15) is 5.75 Å². The number of sulfone groups is 1. The Bertz CT molecular complexity index is 766. The fourth-order valence-electron chi connectivity index (χ4n) is 1.86. The molecule has 124 valence electrons. The molecule has 1 N–H and O–H groups in total. The Hall–Kier alpha value is -2.22. The Labute approximate surface area is 135 Å². The zero-order valence-corrected chi connectivity index (χ0v) is 13.9. The number of benzene rings is 1. The first-order chi connectivity index (χ1) is 10.9. The molecule has 0 radical (unpaired) electrons. The Morgan fingerprint density at radius 1 is 1.26 bits per heavy atom. The summed E-state index contributed by atoms with van der Waals surface area (Å²) < 4.78 is 29.4. The summed E-state index contributed by atoms with van der Waals surface area (Å²) in [6, 6.07) is 6.50. The fraction of sp³-hybridized carbons (Fsp3) is 0.400. The van der Waals surface area contributed by atoms with E-state index in [0.29, 0.717) is 6.54 Å². The van der Waals surface area contributed by atoms with Crippen LogP contribution in [0.15, 0.2) is 33.7 Å². The molecule has 0 aliphatic rings. The minimum absolute atomic E-state index is 0.0359. The van der Waals surface area contributed by atoms with Gasteiger partial charge in [-0.3, -0.25) is 4.79 Å². The summed E-state index contributed by atoms with van der Waals surface area (Å²) in [5.74, 6) is -1.17. The molecule has 0 fully saturated rings. The van der Waals surface area contributed by atoms with Gasteiger partial charge in [-0.25, -0.2) is 8.42 Å². The van der Waals surface area contributed by atoms with Crippen LogP contribution < -0.4 is 5.32 Å². The van der Waals surface area contributed by atoms with E-state index in [2.05, 4.69) is 15.5 Å². The van der Waals surface area contributed by atoms with Crippen LogP contribution in [0.5, 0.6) is 0 Å². The smallest absolute Gasteiger partial charge is 0.315 e. The number of nitrogens with one attached hydrogen (secondary N) is 1. The second kappa shape index (κ2) is 7.36. The van der Waals surface area contributed by atoms with E-state index >= 15 is 0 Å². The van der Waals surface area contributed by atoms with Gasteiger partial charge in [0.25, 0.3) is 0 Å². The van der Waals surface area contributed by atoms with E-state index in [-0.39, 0.29) is 16.6 Å². The highest BCUT2D eigenvalue weighted by atomic mass is 32.2. The molecule has 2 aromatic rings. The Kier molecular flexibility index (Phi) is 5.49. The molecule has 0 unspecified atom stereocenters. The minimum Gasteiger partial charge on any atom is -0.348 e. The van der Waals surface area contributed by atoms with Crippen molar-refractivity contribution in [3.05, 3.63) is 41.5 Å². The van der Waals surface area contributed by atoms with Crippen LogP contribution in [0, 0.1) is 6.92 Å². The summed E-state index contributed by atoms with van der Waals surface area (Å²) in [5, 5.41) is 6.20. The highest BCUT2D eigenvalue weighted by molar-refractivity contribution is 7.90. The first kappa shape index (κ1) is 17.1. The predicted octanol–water partition coefficient (Wildman–Crippen LogP) is 1.88. The topological polar surface area (TPSA) is 102 Å². The SMILES string of the molecule is CCCCNC(=O)c1nc(CS(=O)(=O)c2ccc(C)cc2)no1. The van der Waals surface area contributed by atoms with Crippen molar-refractivity contribution in [1.82, 2.24) is 15.5 Å². The van der Waals surface area contributed by atoms with Crippen LogP contribution in [0.4, 0.5) is 0 Å². The predicted molar refractivity (Wildman–Crippen MR) is 83.6 cm³/mol. The largest absolute Gasteiger partial charge is 0.348 e. The number of carbonyl (C=O) groups excluding carboxylic acids is 1. The fourth-order valence-corrected chi connectivity index (χ4v) is 3.03. The number of hydrogen-bond donors (Lipinski definition) is 1. The van der Waals surface area contributed by atoms with Gasteiger partial charge in [-0.1, -0.05) is 36.2 Å². The third-order valence-corrected chi connectivity index (χ3v) is 4.81. The van der Waals surface area contributed by atoms with Gasteiger partial charge >= 0.3 is 11.8 Å². The van der Waals surface area contributed by atoms with E-state index in [9.17, 15) is 13.2 Å². The quantitative estimate of drug-likeness (QED) is 0.774. The Balaban J connectivity index is 2.06. The average Bonchev–Trinajstić information content (AvgIpc) is 2.95. The second-order valence-electron chi connectivity index (χ2n) is 5.20. The van der Waals surface area contributed by atoms with Gasteiger partial charge in [-0.05, 0) is 25.5 Å². The van der Waals surface area contributed by atoms with Crippen LogP contribution in [0.1, 0.15) is 41.8 Å². The maximum atomic E-state index is 12.3. The molecular formula is C15H19N3O4S. The average molecular weight is 337 g/mol. The Morgan fingerprint density at radius 3 is 2.61 bits per heavy atom. The van der Waals surface area contributed by atoms with Crippen molar-refractivity contribution in [2.75, 3.05) is 6.54 Å². The summed E-state index contributed by atoms with van der Waals surface area (Å²) in [5.41, 5.74) is 0.967. The van der Waals surface area contributed by atoms with E-state index in [4.69, 9.17) is 4.52 Å². The van der Waals surface area contributed by atoms with Gasteiger partial charge in [0.05, 0.1) is 4.90 Å². The van der Waals surface area contributed by atoms with E-state index in [1.807, 2.05) is 13.8 Å². The Morgan fingerprint density at radius 2 is 1.96 bits per heavy atom. The van der Waals surface area contributed by atoms with Crippen molar-refractivity contribution in [3.8, 4) is 0 Å². The zero-order valence-electron chi connectivity index (χ0n) is 13.1. The molecule has 1 aromatic carbocycles. The summed E-state index contributed by atoms with van der Waals surface area (Å²) >= 11 is 0. The number of nitrogens with zero attached hydrogens (tertiary/aromatic N) is 2. The lowest BCUT2D eigenvalue weighted by Crippen LogP contribution is -2.24. The summed E-state index contributed by atoms with van der Waals surface area (Å²) in [6.07, 6.45) is 1.79. The number of carbonyl (C=O) groups is 1. The number of rotatable bonds is 7. The molecule has 0 spiro atoms. The molecule has 0 saturated carbocycles. The lowest BCUT2D eigenvalue weighted by atomic mass is 10.2. The molecule has 1 aromatic heterocycles. The monoisotopic (exact) mass is 337 g/mol. The second-order valence-corrected chi connectivity index (χ2v) is 7.19. The maximum Gasteiger partial charge on any atom is 0.315 e. The molecule has 0 aliphatic carbocycles. The van der Waals surface area contributed by atoms with E-state index in [1.54, 1.807) is 12.1 Å². The molecule has 1 amide bonds. The van der Waals surface area contributed by atoms with Gasteiger partial charge in [-0.2, -0.15) is 4.98 Å². The van der Waals surface area contributed by atoms with Crippen LogP contribution in [0.3, 0.4) is 0 Å². The van der Waals surface area contributed by atoms with Crippen LogP contribution >= 0.6 is 0 Å². The van der Waals surface area contributed by atoms with Gasteiger partial charge < -0.3 is 9.84 Å². The summed E-state index contributed by atoms with van der Waals surface area (Å²) in [4.78, 5) is 15.8. The third kappa shape index (κ3) is 4.62. The van der Waals surface area contributed by atoms with Crippen LogP contribution in [-0.4, -0.2) is 31.0 Å². The number of aromatic nitrogens is 2. The van der Waals surface area contributed by atoms with Crippen molar-refractivity contribution in [1.29, 1.82) is 0 Å². The standard InChI is InChI=1S/C15H19N3O4S/c1-3-4-9-16-14(19)15-17-13(18-22-15)10-23(20,21)12-7-5-11(2)6-8-12/h5-8H,3-4,9-10H2,1-2H3,(H,16,19). The molecule has 2 rings (SSSR count). The first-order valence-electron chi connectivity index (χ1n) is 7.32. The van der Waals surface area contributed by atoms with Crippen molar-refractivity contribution in [2.24, 2.45) is 0 Å². The van der Waals surface area contributed by atoms with Gasteiger partial charge in [0.15, 0.2) is 15.7 Å². The molecule has 8 heteroatoms. The molecule has 1 heterocycles. The van der Waals surface area contributed by atoms with Crippen molar-refractivity contribution in [2.45, 2.75) is 37.3 Å². The minimum atomic E-state index is -3.58. The van der Waals surface area contributed by atoms with E-state index in [0.717, 1.165) is 18.4 Å². The summed E-state index contributed by atoms with van der Waals surface area (Å²) in [7, 11) is -3.58. The molecule has 0 aliphatic heterocycles. The lowest BCUT2D eigenvalue weighted by molar-refractivity contribution is 0.0909. The number of aryl methyl sites for hydroxylation is 1. The van der Waals surface area contributed by atoms with Crippen molar-refractivity contribution >= 4 is 15.7 Å². The normalized spacial score (nSPS) is 11.4. The van der Waals surface area contributed by atoms with E-state index < -0.39 is 21.5 Å². The lowest BCUT2D eigenvalue weighted by Gasteiger charge is -2.01. The molecule has 0 saturated heterocycles. The number of unbranched alkanes of at least 4 members (excludes halogenated alkanes) is 1. The van der Waals surface area contributed by atoms with Crippen LogP contribution in [-0.2, 0) is 15.6 Å². The first-order valence-corrected chi connectivity index (χ1v) is 8.98. The summed E-state index contributed by atoms with van der Waals surface area (Å²) in [6.45, 7) is 4.39. The van der Waals surface area contributed by atoms with Crippen molar-refractivity contribution < 1.29 is 17.7 Å². The number of amides is 1. The van der Waals surface area contributed by atoms with Gasteiger partial charge in [0.2, 0.25) is 0 Å².